The fourth-order valence-corrected chi connectivity index (χ4v) is 2.51. The number of hydrogen-bond acceptors (Lipinski definition) is 6. The molecule has 1 unspecified atom stereocenters. The highest BCUT2D eigenvalue weighted by atomic mass is 16.6. The average molecular weight is 293 g/mol. The fraction of sp³-hybridized carbons (Fsp3) is 0.500. The van der Waals surface area contributed by atoms with Gasteiger partial charge in [-0.2, -0.15) is 0 Å². The molecule has 3 rings (SSSR count). The van der Waals surface area contributed by atoms with E-state index in [9.17, 15) is 0 Å². The molecule has 0 amide bonds. The van der Waals surface area contributed by atoms with E-state index in [1.807, 2.05) is 16.7 Å². The van der Waals surface area contributed by atoms with Crippen LogP contribution in [0.5, 0.6) is 11.5 Å². The molecule has 1 aromatic heterocycles. The summed E-state index contributed by atoms with van der Waals surface area (Å²) in [6.07, 6.45) is -0.0217. The number of nitrogens with zero attached hydrogens (tertiary/aromatic N) is 2. The maximum Gasteiger partial charge on any atom is 0.201 e. The number of hydrogen-bond donors (Lipinski definition) is 1. The highest BCUT2D eigenvalue weighted by Gasteiger charge is 2.19. The Morgan fingerprint density at radius 2 is 2.05 bits per heavy atom. The van der Waals surface area contributed by atoms with Crippen LogP contribution in [0.3, 0.4) is 0 Å². The van der Waals surface area contributed by atoms with Gasteiger partial charge in [-0.3, -0.25) is 0 Å². The highest BCUT2D eigenvalue weighted by molar-refractivity contribution is 5.82. The summed E-state index contributed by atoms with van der Waals surface area (Å²) in [6.45, 7) is 2.40. The van der Waals surface area contributed by atoms with Gasteiger partial charge >= 0.3 is 0 Å². The number of fused-ring (bicyclic) bond motifs is 1. The van der Waals surface area contributed by atoms with Crippen molar-refractivity contribution in [2.24, 2.45) is 0 Å². The van der Waals surface area contributed by atoms with E-state index in [-0.39, 0.29) is 6.10 Å². The van der Waals surface area contributed by atoms with Gasteiger partial charge in [-0.25, -0.2) is 4.98 Å². The summed E-state index contributed by atoms with van der Waals surface area (Å²) in [5.41, 5.74) is 7.68. The first-order valence-corrected chi connectivity index (χ1v) is 6.80. The third kappa shape index (κ3) is 2.62. The van der Waals surface area contributed by atoms with Crippen LogP contribution in [-0.2, 0) is 16.0 Å². The molecule has 1 aliphatic rings. The normalized spacial score (nSPS) is 18.9. The lowest BCUT2D eigenvalue weighted by Gasteiger charge is -2.23. The Kier molecular flexibility index (Phi) is 3.85. The van der Waals surface area contributed by atoms with Crippen molar-refractivity contribution >= 4 is 17.0 Å². The quantitative estimate of drug-likeness (QED) is 0.907. The second-order valence-corrected chi connectivity index (χ2v) is 4.84. The van der Waals surface area contributed by atoms with E-state index >= 15 is 0 Å². The number of aromatic nitrogens is 2. The molecule has 0 aliphatic carbocycles. The molecule has 1 fully saturated rings. The Labute approximate surface area is 122 Å². The predicted octanol–water partition coefficient (Wildman–Crippen LogP) is 1.05. The number of nitrogen functional groups attached to an aromatic ring is 1. The second-order valence-electron chi connectivity index (χ2n) is 4.84. The molecule has 1 aliphatic heterocycles. The number of rotatable bonds is 4. The van der Waals surface area contributed by atoms with Gasteiger partial charge in [0, 0.05) is 12.1 Å². The van der Waals surface area contributed by atoms with Crippen LogP contribution in [0.2, 0.25) is 0 Å². The molecular weight excluding hydrogens is 274 g/mol. The third-order valence-electron chi connectivity index (χ3n) is 3.55. The van der Waals surface area contributed by atoms with Gasteiger partial charge in [0.25, 0.3) is 0 Å². The zero-order valence-electron chi connectivity index (χ0n) is 12.2. The minimum atomic E-state index is -0.0217. The first kappa shape index (κ1) is 14.0. The van der Waals surface area contributed by atoms with E-state index in [0.29, 0.717) is 43.8 Å². The maximum absolute atomic E-state index is 6.03. The Morgan fingerprint density at radius 1 is 1.29 bits per heavy atom. The number of anilines is 1. The van der Waals surface area contributed by atoms with Crippen molar-refractivity contribution < 1.29 is 18.9 Å². The summed E-state index contributed by atoms with van der Waals surface area (Å²) in [6, 6.07) is 3.69. The topological polar surface area (TPSA) is 80.8 Å². The molecule has 7 nitrogen and oxygen atoms in total. The van der Waals surface area contributed by atoms with Crippen molar-refractivity contribution in [1.82, 2.24) is 9.55 Å². The van der Waals surface area contributed by atoms with E-state index in [1.165, 1.54) is 0 Å². The molecular formula is C14H19N3O4. The zero-order chi connectivity index (χ0) is 14.8. The van der Waals surface area contributed by atoms with Crippen molar-refractivity contribution in [3.63, 3.8) is 0 Å². The Hall–Kier alpha value is -1.99. The Morgan fingerprint density at radius 3 is 2.71 bits per heavy atom. The highest BCUT2D eigenvalue weighted by Crippen LogP contribution is 2.33. The molecule has 0 saturated carbocycles. The summed E-state index contributed by atoms with van der Waals surface area (Å²) in [4.78, 5) is 4.37. The van der Waals surface area contributed by atoms with Gasteiger partial charge in [0.1, 0.15) is 0 Å². The first-order valence-electron chi connectivity index (χ1n) is 6.80. The monoisotopic (exact) mass is 293 g/mol. The van der Waals surface area contributed by atoms with Crippen LogP contribution in [0.25, 0.3) is 11.0 Å². The summed E-state index contributed by atoms with van der Waals surface area (Å²) >= 11 is 0. The van der Waals surface area contributed by atoms with Gasteiger partial charge in [0.05, 0.1) is 57.7 Å². The lowest BCUT2D eigenvalue weighted by molar-refractivity contribution is -0.0930. The molecule has 7 heteroatoms. The standard InChI is InChI=1S/C14H19N3O4/c1-18-12-5-10-11(6-13(12)19-2)17(14(15)16-10)7-9-8-20-3-4-21-9/h5-6,9H,3-4,7-8H2,1-2H3,(H2,15,16). The van der Waals surface area contributed by atoms with Gasteiger partial charge < -0.3 is 29.2 Å². The number of methoxy groups -OCH3 is 2. The molecule has 1 saturated heterocycles. The Balaban J connectivity index is 1.98. The number of benzene rings is 1. The van der Waals surface area contributed by atoms with Crippen LogP contribution >= 0.6 is 0 Å². The van der Waals surface area contributed by atoms with Crippen LogP contribution in [0.1, 0.15) is 0 Å². The van der Waals surface area contributed by atoms with Crippen molar-refractivity contribution in [2.75, 3.05) is 39.8 Å². The smallest absolute Gasteiger partial charge is 0.201 e. The molecule has 114 valence electrons. The summed E-state index contributed by atoms with van der Waals surface area (Å²) in [5.74, 6) is 1.72. The lowest BCUT2D eigenvalue weighted by atomic mass is 10.2. The first-order chi connectivity index (χ1) is 10.2. The predicted molar refractivity (Wildman–Crippen MR) is 77.8 cm³/mol. The Bertz CT molecular complexity index is 635. The summed E-state index contributed by atoms with van der Waals surface area (Å²) < 4.78 is 23.6. The third-order valence-corrected chi connectivity index (χ3v) is 3.55. The molecule has 0 bridgehead atoms. The molecule has 2 N–H and O–H groups in total. The summed E-state index contributed by atoms with van der Waals surface area (Å²) in [7, 11) is 3.20. The number of imidazole rings is 1. The molecule has 2 heterocycles. The molecule has 1 aromatic carbocycles. The van der Waals surface area contributed by atoms with E-state index in [0.717, 1.165) is 11.0 Å². The zero-order valence-corrected chi connectivity index (χ0v) is 12.2. The van der Waals surface area contributed by atoms with Crippen LogP contribution < -0.4 is 15.2 Å². The van der Waals surface area contributed by atoms with Gasteiger partial charge in [-0.15, -0.1) is 0 Å². The largest absolute Gasteiger partial charge is 0.493 e. The van der Waals surface area contributed by atoms with E-state index < -0.39 is 0 Å². The minimum Gasteiger partial charge on any atom is -0.493 e. The van der Waals surface area contributed by atoms with Crippen LogP contribution in [0, 0.1) is 0 Å². The molecule has 1 atom stereocenters. The minimum absolute atomic E-state index is 0.0217. The molecule has 21 heavy (non-hydrogen) atoms. The lowest BCUT2D eigenvalue weighted by Crippen LogP contribution is -2.32. The van der Waals surface area contributed by atoms with Crippen LogP contribution in [0.4, 0.5) is 5.95 Å². The van der Waals surface area contributed by atoms with E-state index in [1.54, 1.807) is 14.2 Å². The number of ether oxygens (including phenoxy) is 4. The molecule has 0 spiro atoms. The second kappa shape index (κ2) is 5.79. The van der Waals surface area contributed by atoms with Crippen LogP contribution in [-0.4, -0.2) is 49.7 Å². The number of nitrogens with two attached hydrogens (primary N) is 1. The van der Waals surface area contributed by atoms with Gasteiger partial charge in [0.2, 0.25) is 5.95 Å². The van der Waals surface area contributed by atoms with Crippen molar-refractivity contribution in [2.45, 2.75) is 12.6 Å². The van der Waals surface area contributed by atoms with Gasteiger partial charge in [-0.1, -0.05) is 0 Å². The van der Waals surface area contributed by atoms with Crippen molar-refractivity contribution in [1.29, 1.82) is 0 Å². The molecule has 2 aromatic rings. The maximum atomic E-state index is 6.03. The molecule has 0 radical (unpaired) electrons. The van der Waals surface area contributed by atoms with E-state index in [2.05, 4.69) is 4.98 Å². The van der Waals surface area contributed by atoms with Gasteiger partial charge in [-0.05, 0) is 0 Å². The van der Waals surface area contributed by atoms with E-state index in [4.69, 9.17) is 24.7 Å². The van der Waals surface area contributed by atoms with Crippen molar-refractivity contribution in [3.8, 4) is 11.5 Å². The van der Waals surface area contributed by atoms with Crippen molar-refractivity contribution in [3.05, 3.63) is 12.1 Å². The van der Waals surface area contributed by atoms with Crippen LogP contribution in [0.15, 0.2) is 12.1 Å². The average Bonchev–Trinajstić information content (AvgIpc) is 2.82. The SMILES string of the molecule is COc1cc2nc(N)n(CC3COCCO3)c2cc1OC. The summed E-state index contributed by atoms with van der Waals surface area (Å²) in [5, 5.41) is 0. The van der Waals surface area contributed by atoms with Gasteiger partial charge in [0.15, 0.2) is 11.5 Å². The fourth-order valence-electron chi connectivity index (χ4n) is 2.51.